The summed E-state index contributed by atoms with van der Waals surface area (Å²) in [5.41, 5.74) is 0.489. The Labute approximate surface area is 153 Å². The lowest BCUT2D eigenvalue weighted by molar-refractivity contribution is -0.133. The molecule has 2 fully saturated rings. The lowest BCUT2D eigenvalue weighted by Gasteiger charge is -2.34. The van der Waals surface area contributed by atoms with E-state index in [0.29, 0.717) is 42.1 Å². The van der Waals surface area contributed by atoms with Crippen LogP contribution in [0.4, 0.5) is 0 Å². The van der Waals surface area contributed by atoms with Crippen LogP contribution in [0.25, 0.3) is 0 Å². The van der Waals surface area contributed by atoms with Gasteiger partial charge < -0.3 is 9.80 Å². The molecule has 1 saturated heterocycles. The van der Waals surface area contributed by atoms with Gasteiger partial charge >= 0.3 is 0 Å². The second-order valence-corrected chi connectivity index (χ2v) is 8.03. The topological polar surface area (TPSA) is 66.4 Å². The molecular formula is C18H26N4O2S. The van der Waals surface area contributed by atoms with Crippen molar-refractivity contribution in [2.75, 3.05) is 25.9 Å². The van der Waals surface area contributed by atoms with Crippen LogP contribution in [-0.2, 0) is 4.79 Å². The van der Waals surface area contributed by atoms with Gasteiger partial charge in [-0.3, -0.25) is 9.59 Å². The average Bonchev–Trinajstić information content (AvgIpc) is 3.44. The van der Waals surface area contributed by atoms with Gasteiger partial charge in [0.1, 0.15) is 0 Å². The van der Waals surface area contributed by atoms with Crippen molar-refractivity contribution in [1.29, 1.82) is 0 Å². The van der Waals surface area contributed by atoms with Gasteiger partial charge in [-0.05, 0) is 30.9 Å². The van der Waals surface area contributed by atoms with Gasteiger partial charge in [-0.2, -0.15) is 0 Å². The fraction of sp³-hybridized carbons (Fsp3) is 0.667. The Bertz CT molecular complexity index is 630. The lowest BCUT2D eigenvalue weighted by Crippen LogP contribution is -2.48. The Morgan fingerprint density at radius 1 is 1.32 bits per heavy atom. The molecule has 0 N–H and O–H groups in total. The van der Waals surface area contributed by atoms with Gasteiger partial charge in [0.2, 0.25) is 5.91 Å². The number of amides is 2. The highest BCUT2D eigenvalue weighted by Crippen LogP contribution is 2.32. The molecule has 1 aliphatic carbocycles. The first kappa shape index (κ1) is 18.2. The standard InChI is InChI=1S/C18H26N4O2S/c1-12(2)15-11-21(7-6-16(23)22(15)10-13-4-5-13)17(24)14-8-19-18(25-3)20-9-14/h8-9,12-13,15H,4-7,10-11H2,1-3H3. The largest absolute Gasteiger partial charge is 0.337 e. The number of aromatic nitrogens is 2. The molecule has 0 spiro atoms. The Hall–Kier alpha value is -1.63. The van der Waals surface area contributed by atoms with Crippen molar-refractivity contribution in [2.24, 2.45) is 11.8 Å². The molecule has 0 bridgehead atoms. The van der Waals surface area contributed by atoms with Crippen LogP contribution in [0.3, 0.4) is 0 Å². The molecule has 6 nitrogen and oxygen atoms in total. The van der Waals surface area contributed by atoms with Crippen LogP contribution >= 0.6 is 11.8 Å². The van der Waals surface area contributed by atoms with Crippen LogP contribution in [0.2, 0.25) is 0 Å². The van der Waals surface area contributed by atoms with Crippen molar-refractivity contribution in [3.05, 3.63) is 18.0 Å². The average molecular weight is 362 g/mol. The van der Waals surface area contributed by atoms with E-state index in [0.717, 1.165) is 6.54 Å². The lowest BCUT2D eigenvalue weighted by atomic mass is 10.0. The predicted molar refractivity (Wildman–Crippen MR) is 97.4 cm³/mol. The zero-order valence-electron chi connectivity index (χ0n) is 15.1. The number of thioether (sulfide) groups is 1. The molecule has 0 radical (unpaired) electrons. The summed E-state index contributed by atoms with van der Waals surface area (Å²) in [4.78, 5) is 37.7. The monoisotopic (exact) mass is 362 g/mol. The highest BCUT2D eigenvalue weighted by Gasteiger charge is 2.36. The molecule has 0 aromatic carbocycles. The highest BCUT2D eigenvalue weighted by atomic mass is 32.2. The third-order valence-corrected chi connectivity index (χ3v) is 5.57. The first-order chi connectivity index (χ1) is 12.0. The zero-order valence-corrected chi connectivity index (χ0v) is 16.0. The van der Waals surface area contributed by atoms with Crippen LogP contribution in [0.5, 0.6) is 0 Å². The molecular weight excluding hydrogens is 336 g/mol. The minimum absolute atomic E-state index is 0.0749. The van der Waals surface area contributed by atoms with E-state index in [9.17, 15) is 9.59 Å². The fourth-order valence-electron chi connectivity index (χ4n) is 3.26. The molecule has 136 valence electrons. The van der Waals surface area contributed by atoms with Crippen molar-refractivity contribution < 1.29 is 9.59 Å². The SMILES string of the molecule is CSc1ncc(C(=O)N2CCC(=O)N(CC3CC3)C(C(C)C)C2)cn1. The summed E-state index contributed by atoms with van der Waals surface area (Å²) in [6.45, 7) is 6.14. The van der Waals surface area contributed by atoms with E-state index in [4.69, 9.17) is 0 Å². The van der Waals surface area contributed by atoms with E-state index < -0.39 is 0 Å². The quantitative estimate of drug-likeness (QED) is 0.594. The van der Waals surface area contributed by atoms with Gasteiger partial charge in [0, 0.05) is 38.4 Å². The van der Waals surface area contributed by atoms with E-state index in [-0.39, 0.29) is 17.9 Å². The van der Waals surface area contributed by atoms with E-state index in [1.807, 2.05) is 11.2 Å². The van der Waals surface area contributed by atoms with Gasteiger partial charge in [-0.25, -0.2) is 9.97 Å². The Morgan fingerprint density at radius 2 is 2.00 bits per heavy atom. The number of carbonyl (C=O) groups excluding carboxylic acids is 2. The number of nitrogens with zero attached hydrogens (tertiary/aromatic N) is 4. The predicted octanol–water partition coefficient (Wildman–Crippen LogP) is 2.31. The number of hydrogen-bond donors (Lipinski definition) is 0. The Kier molecular flexibility index (Phi) is 5.61. The van der Waals surface area contributed by atoms with E-state index in [1.165, 1.54) is 24.6 Å². The van der Waals surface area contributed by atoms with Gasteiger partial charge in [0.25, 0.3) is 5.91 Å². The van der Waals surface area contributed by atoms with Crippen molar-refractivity contribution in [1.82, 2.24) is 19.8 Å². The minimum atomic E-state index is -0.0839. The molecule has 1 aliphatic heterocycles. The van der Waals surface area contributed by atoms with E-state index >= 15 is 0 Å². The molecule has 3 rings (SSSR count). The maximum absolute atomic E-state index is 12.9. The maximum Gasteiger partial charge on any atom is 0.257 e. The molecule has 2 heterocycles. The van der Waals surface area contributed by atoms with Gasteiger partial charge in [-0.1, -0.05) is 25.6 Å². The van der Waals surface area contributed by atoms with Crippen LogP contribution in [0.1, 0.15) is 43.5 Å². The molecule has 1 aromatic heterocycles. The summed E-state index contributed by atoms with van der Waals surface area (Å²) < 4.78 is 0. The fourth-order valence-corrected chi connectivity index (χ4v) is 3.58. The zero-order chi connectivity index (χ0) is 18.0. The van der Waals surface area contributed by atoms with Crippen molar-refractivity contribution in [3.63, 3.8) is 0 Å². The molecule has 7 heteroatoms. The highest BCUT2D eigenvalue weighted by molar-refractivity contribution is 7.98. The second kappa shape index (κ2) is 7.72. The molecule has 1 saturated carbocycles. The van der Waals surface area contributed by atoms with E-state index in [2.05, 4.69) is 23.8 Å². The van der Waals surface area contributed by atoms with Crippen LogP contribution in [-0.4, -0.2) is 63.5 Å². The normalized spacial score (nSPS) is 21.6. The van der Waals surface area contributed by atoms with Gasteiger partial charge in [-0.15, -0.1) is 0 Å². The van der Waals surface area contributed by atoms with E-state index in [1.54, 1.807) is 17.3 Å². The first-order valence-corrected chi connectivity index (χ1v) is 10.2. The van der Waals surface area contributed by atoms with Crippen LogP contribution in [0, 0.1) is 11.8 Å². The smallest absolute Gasteiger partial charge is 0.257 e. The number of hydrogen-bond acceptors (Lipinski definition) is 5. The van der Waals surface area contributed by atoms with Gasteiger partial charge in [0.15, 0.2) is 5.16 Å². The third kappa shape index (κ3) is 4.32. The maximum atomic E-state index is 12.9. The summed E-state index contributed by atoms with van der Waals surface area (Å²) >= 11 is 1.45. The molecule has 25 heavy (non-hydrogen) atoms. The molecule has 1 atom stereocenters. The molecule has 2 aliphatic rings. The Balaban J connectivity index is 1.76. The molecule has 1 unspecified atom stereocenters. The summed E-state index contributed by atoms with van der Waals surface area (Å²) in [6.07, 6.45) is 7.90. The van der Waals surface area contributed by atoms with Crippen LogP contribution < -0.4 is 0 Å². The molecule has 1 aromatic rings. The number of carbonyl (C=O) groups is 2. The molecule has 2 amide bonds. The summed E-state index contributed by atoms with van der Waals surface area (Å²) in [7, 11) is 0. The summed E-state index contributed by atoms with van der Waals surface area (Å²) in [6, 6.07) is 0.0749. The minimum Gasteiger partial charge on any atom is -0.337 e. The van der Waals surface area contributed by atoms with Crippen molar-refractivity contribution >= 4 is 23.6 Å². The van der Waals surface area contributed by atoms with Crippen molar-refractivity contribution in [3.8, 4) is 0 Å². The second-order valence-electron chi connectivity index (χ2n) is 7.26. The summed E-state index contributed by atoms with van der Waals surface area (Å²) in [5, 5.41) is 0.651. The van der Waals surface area contributed by atoms with Crippen LogP contribution in [0.15, 0.2) is 17.6 Å². The third-order valence-electron chi connectivity index (χ3n) is 4.99. The van der Waals surface area contributed by atoms with Crippen molar-refractivity contribution in [2.45, 2.75) is 44.3 Å². The first-order valence-electron chi connectivity index (χ1n) is 8.94. The summed E-state index contributed by atoms with van der Waals surface area (Å²) in [5.74, 6) is 1.06. The Morgan fingerprint density at radius 3 is 2.56 bits per heavy atom. The van der Waals surface area contributed by atoms with Gasteiger partial charge in [0.05, 0.1) is 11.6 Å². The number of rotatable bonds is 5.